The Labute approximate surface area is 123 Å². The molecular weight excluding hydrogens is 250 g/mol. The van der Waals surface area contributed by atoms with Gasteiger partial charge in [-0.25, -0.2) is 0 Å². The summed E-state index contributed by atoms with van der Waals surface area (Å²) in [5.41, 5.74) is 2.27. The summed E-state index contributed by atoms with van der Waals surface area (Å²) >= 11 is 0. The summed E-state index contributed by atoms with van der Waals surface area (Å²) in [6.07, 6.45) is 1.99. The first-order valence-corrected chi connectivity index (χ1v) is 7.41. The molecule has 1 aromatic carbocycles. The summed E-state index contributed by atoms with van der Waals surface area (Å²) in [6, 6.07) is 6.06. The fourth-order valence-corrected chi connectivity index (χ4v) is 1.86. The number of hydrogen-bond donors (Lipinski definition) is 1. The van der Waals surface area contributed by atoms with Crippen LogP contribution in [0.1, 0.15) is 39.2 Å². The number of benzene rings is 1. The van der Waals surface area contributed by atoms with E-state index in [1.54, 1.807) is 0 Å². The zero-order chi connectivity index (χ0) is 14.8. The average Bonchev–Trinajstić information content (AvgIpc) is 2.41. The van der Waals surface area contributed by atoms with Gasteiger partial charge in [-0.3, -0.25) is 0 Å². The topological polar surface area (TPSA) is 30.5 Å². The summed E-state index contributed by atoms with van der Waals surface area (Å²) < 4.78 is 11.6. The largest absolute Gasteiger partial charge is 0.490 e. The van der Waals surface area contributed by atoms with Crippen LogP contribution in [0.25, 0.3) is 0 Å². The first-order valence-electron chi connectivity index (χ1n) is 7.41. The lowest BCUT2D eigenvalue weighted by Crippen LogP contribution is -2.15. The molecule has 0 radical (unpaired) electrons. The standard InChI is InChI=1S/C17H27NO2/c1-5-11-18-13-15-8-7-9-16(19-6-2)17(15)20-12-10-14(3)4/h7-9,18H,3,5-6,10-13H2,1-2,4H3. The van der Waals surface area contributed by atoms with Crippen LogP contribution < -0.4 is 14.8 Å². The van der Waals surface area contributed by atoms with Gasteiger partial charge in [0.25, 0.3) is 0 Å². The fraction of sp³-hybridized carbons (Fsp3) is 0.529. The van der Waals surface area contributed by atoms with Crippen LogP contribution in [0.3, 0.4) is 0 Å². The van der Waals surface area contributed by atoms with E-state index in [9.17, 15) is 0 Å². The molecule has 0 fully saturated rings. The fourth-order valence-electron chi connectivity index (χ4n) is 1.86. The number of hydrogen-bond acceptors (Lipinski definition) is 3. The summed E-state index contributed by atoms with van der Waals surface area (Å²) in [6.45, 7) is 13.2. The van der Waals surface area contributed by atoms with E-state index in [4.69, 9.17) is 9.47 Å². The lowest BCUT2D eigenvalue weighted by Gasteiger charge is -2.16. The van der Waals surface area contributed by atoms with Crippen LogP contribution in [-0.4, -0.2) is 19.8 Å². The van der Waals surface area contributed by atoms with E-state index in [0.717, 1.165) is 48.6 Å². The zero-order valence-electron chi connectivity index (χ0n) is 13.0. The maximum Gasteiger partial charge on any atom is 0.165 e. The van der Waals surface area contributed by atoms with Crippen molar-refractivity contribution in [1.29, 1.82) is 0 Å². The Morgan fingerprint density at radius 1 is 1.25 bits per heavy atom. The van der Waals surface area contributed by atoms with Gasteiger partial charge in [0.1, 0.15) is 0 Å². The number of para-hydroxylation sites is 1. The van der Waals surface area contributed by atoms with E-state index in [1.165, 1.54) is 0 Å². The monoisotopic (exact) mass is 277 g/mol. The van der Waals surface area contributed by atoms with Crippen LogP contribution in [0, 0.1) is 0 Å². The molecule has 0 spiro atoms. The summed E-state index contributed by atoms with van der Waals surface area (Å²) in [5.74, 6) is 1.68. The summed E-state index contributed by atoms with van der Waals surface area (Å²) in [4.78, 5) is 0. The minimum absolute atomic E-state index is 0.639. The molecule has 0 heterocycles. The Hall–Kier alpha value is -1.48. The van der Waals surface area contributed by atoms with Crippen molar-refractivity contribution in [3.63, 3.8) is 0 Å². The Kier molecular flexibility index (Phi) is 7.81. The van der Waals surface area contributed by atoms with Gasteiger partial charge in [0.15, 0.2) is 11.5 Å². The van der Waals surface area contributed by atoms with Crippen LogP contribution in [0.4, 0.5) is 0 Å². The van der Waals surface area contributed by atoms with Gasteiger partial charge < -0.3 is 14.8 Å². The van der Waals surface area contributed by atoms with Crippen LogP contribution in [-0.2, 0) is 6.54 Å². The first kappa shape index (κ1) is 16.6. The van der Waals surface area contributed by atoms with E-state index < -0.39 is 0 Å². The van der Waals surface area contributed by atoms with Crippen LogP contribution in [0.15, 0.2) is 30.4 Å². The van der Waals surface area contributed by atoms with Crippen LogP contribution in [0.5, 0.6) is 11.5 Å². The molecule has 0 amide bonds. The molecule has 0 aliphatic rings. The molecule has 3 nitrogen and oxygen atoms in total. The molecule has 0 aromatic heterocycles. The molecule has 0 saturated heterocycles. The molecule has 0 aliphatic heterocycles. The van der Waals surface area contributed by atoms with Gasteiger partial charge in [-0.2, -0.15) is 0 Å². The molecule has 0 aliphatic carbocycles. The van der Waals surface area contributed by atoms with Crippen molar-refractivity contribution < 1.29 is 9.47 Å². The Morgan fingerprint density at radius 3 is 2.70 bits per heavy atom. The number of nitrogens with one attached hydrogen (secondary N) is 1. The van der Waals surface area contributed by atoms with Crippen molar-refractivity contribution in [3.05, 3.63) is 35.9 Å². The maximum absolute atomic E-state index is 5.94. The lowest BCUT2D eigenvalue weighted by atomic mass is 10.1. The van der Waals surface area contributed by atoms with E-state index in [1.807, 2.05) is 26.0 Å². The molecule has 0 atom stereocenters. The third-order valence-corrected chi connectivity index (χ3v) is 2.88. The highest BCUT2D eigenvalue weighted by Gasteiger charge is 2.10. The number of rotatable bonds is 10. The number of ether oxygens (including phenoxy) is 2. The second kappa shape index (κ2) is 9.43. The molecule has 1 aromatic rings. The second-order valence-electron chi connectivity index (χ2n) is 4.91. The smallest absolute Gasteiger partial charge is 0.165 e. The van der Waals surface area contributed by atoms with Crippen molar-refractivity contribution in [3.8, 4) is 11.5 Å². The minimum atomic E-state index is 0.639. The van der Waals surface area contributed by atoms with Gasteiger partial charge in [-0.15, -0.1) is 6.58 Å². The van der Waals surface area contributed by atoms with Crippen molar-refractivity contribution in [2.75, 3.05) is 19.8 Å². The van der Waals surface area contributed by atoms with Crippen molar-refractivity contribution in [2.24, 2.45) is 0 Å². The van der Waals surface area contributed by atoms with Gasteiger partial charge in [0.05, 0.1) is 13.2 Å². The quantitative estimate of drug-likeness (QED) is 0.519. The van der Waals surface area contributed by atoms with Crippen molar-refractivity contribution >= 4 is 0 Å². The molecule has 0 saturated carbocycles. The Morgan fingerprint density at radius 2 is 2.05 bits per heavy atom. The predicted molar refractivity (Wildman–Crippen MR) is 84.5 cm³/mol. The highest BCUT2D eigenvalue weighted by Crippen LogP contribution is 2.31. The van der Waals surface area contributed by atoms with Gasteiger partial charge in [-0.05, 0) is 32.9 Å². The van der Waals surface area contributed by atoms with Gasteiger partial charge >= 0.3 is 0 Å². The highest BCUT2D eigenvalue weighted by atomic mass is 16.5. The van der Waals surface area contributed by atoms with Crippen LogP contribution >= 0.6 is 0 Å². The van der Waals surface area contributed by atoms with Gasteiger partial charge in [0.2, 0.25) is 0 Å². The van der Waals surface area contributed by atoms with Crippen molar-refractivity contribution in [2.45, 2.75) is 40.2 Å². The van der Waals surface area contributed by atoms with Gasteiger partial charge in [-0.1, -0.05) is 24.6 Å². The molecular formula is C17H27NO2. The van der Waals surface area contributed by atoms with E-state index in [2.05, 4.69) is 24.9 Å². The highest BCUT2D eigenvalue weighted by molar-refractivity contribution is 5.46. The Bertz CT molecular complexity index is 415. The summed E-state index contributed by atoms with van der Waals surface area (Å²) in [5, 5.41) is 3.41. The minimum Gasteiger partial charge on any atom is -0.490 e. The molecule has 0 unspecified atom stereocenters. The maximum atomic E-state index is 5.94. The molecule has 112 valence electrons. The normalized spacial score (nSPS) is 10.3. The molecule has 1 rings (SSSR count). The lowest BCUT2D eigenvalue weighted by molar-refractivity contribution is 0.276. The second-order valence-corrected chi connectivity index (χ2v) is 4.91. The third-order valence-electron chi connectivity index (χ3n) is 2.88. The van der Waals surface area contributed by atoms with Gasteiger partial charge in [0, 0.05) is 18.5 Å². The van der Waals surface area contributed by atoms with Crippen LogP contribution in [0.2, 0.25) is 0 Å². The van der Waals surface area contributed by atoms with E-state index >= 15 is 0 Å². The molecule has 3 heteroatoms. The molecule has 1 N–H and O–H groups in total. The van der Waals surface area contributed by atoms with E-state index in [-0.39, 0.29) is 0 Å². The molecule has 0 bridgehead atoms. The Balaban J connectivity index is 2.78. The van der Waals surface area contributed by atoms with E-state index in [0.29, 0.717) is 13.2 Å². The third kappa shape index (κ3) is 5.66. The zero-order valence-corrected chi connectivity index (χ0v) is 13.0. The van der Waals surface area contributed by atoms with Crippen molar-refractivity contribution in [1.82, 2.24) is 5.32 Å². The summed E-state index contributed by atoms with van der Waals surface area (Å²) in [7, 11) is 0. The predicted octanol–water partition coefficient (Wildman–Crippen LogP) is 3.93. The molecule has 20 heavy (non-hydrogen) atoms. The SMILES string of the molecule is C=C(C)CCOc1c(CNCCC)cccc1OCC. The first-order chi connectivity index (χ1) is 9.69. The average molecular weight is 277 g/mol.